The third-order valence-corrected chi connectivity index (χ3v) is 4.49. The van der Waals surface area contributed by atoms with Crippen LogP contribution in [-0.2, 0) is 7.05 Å². The summed E-state index contributed by atoms with van der Waals surface area (Å²) in [6, 6.07) is 8.51. The third kappa shape index (κ3) is 3.98. The Labute approximate surface area is 130 Å². The van der Waals surface area contributed by atoms with E-state index in [4.69, 9.17) is 4.74 Å². The molecule has 2 aromatic rings. The quantitative estimate of drug-likeness (QED) is 0.797. The van der Waals surface area contributed by atoms with Crippen molar-refractivity contribution in [3.8, 4) is 5.75 Å². The fourth-order valence-corrected chi connectivity index (χ4v) is 3.08. The minimum Gasteiger partial charge on any atom is -0.494 e. The average Bonchev–Trinajstić information content (AvgIpc) is 2.82. The zero-order valence-electron chi connectivity index (χ0n) is 13.0. The van der Waals surface area contributed by atoms with Gasteiger partial charge in [-0.2, -0.15) is 0 Å². The minimum absolute atomic E-state index is 0.266. The van der Waals surface area contributed by atoms with Crippen molar-refractivity contribution in [1.29, 1.82) is 0 Å². The van der Waals surface area contributed by atoms with Crippen LogP contribution < -0.4 is 10.1 Å². The number of thioether (sulfide) groups is 1. The summed E-state index contributed by atoms with van der Waals surface area (Å²) in [7, 11) is 3.96. The van der Waals surface area contributed by atoms with Gasteiger partial charge in [0.1, 0.15) is 11.6 Å². The summed E-state index contributed by atoms with van der Waals surface area (Å²) in [6.07, 6.45) is 0. The molecular weight excluding hydrogens is 284 g/mol. The van der Waals surface area contributed by atoms with Crippen LogP contribution in [0.3, 0.4) is 0 Å². The van der Waals surface area contributed by atoms with Gasteiger partial charge in [0.2, 0.25) is 0 Å². The molecule has 1 N–H and O–H groups in total. The maximum Gasteiger partial charge on any atom is 0.191 e. The molecule has 0 saturated heterocycles. The molecule has 21 heavy (non-hydrogen) atoms. The van der Waals surface area contributed by atoms with Crippen molar-refractivity contribution in [2.75, 3.05) is 19.4 Å². The number of benzene rings is 1. The Morgan fingerprint density at radius 2 is 2.00 bits per heavy atom. The highest BCUT2D eigenvalue weighted by Crippen LogP contribution is 2.24. The first-order valence-corrected chi connectivity index (χ1v) is 8.03. The number of hydrogen-bond donors (Lipinski definition) is 1. The number of hydrogen-bond acceptors (Lipinski definition) is 5. The molecule has 0 aliphatic heterocycles. The average molecular weight is 306 g/mol. The molecule has 114 valence electrons. The predicted octanol–water partition coefficient (Wildman–Crippen LogP) is 2.58. The van der Waals surface area contributed by atoms with Gasteiger partial charge >= 0.3 is 0 Å². The van der Waals surface area contributed by atoms with Gasteiger partial charge in [-0.3, -0.25) is 0 Å². The summed E-state index contributed by atoms with van der Waals surface area (Å²) in [4.78, 5) is 0. The molecule has 1 aromatic carbocycles. The molecule has 5 nitrogen and oxygen atoms in total. The van der Waals surface area contributed by atoms with Gasteiger partial charge in [-0.05, 0) is 38.6 Å². The van der Waals surface area contributed by atoms with Crippen molar-refractivity contribution in [2.24, 2.45) is 7.05 Å². The molecule has 2 rings (SSSR count). The van der Waals surface area contributed by atoms with Crippen LogP contribution in [0, 0.1) is 6.92 Å². The van der Waals surface area contributed by atoms with Crippen LogP contribution in [0.15, 0.2) is 29.4 Å². The molecule has 0 radical (unpaired) electrons. The zero-order chi connectivity index (χ0) is 15.2. The van der Waals surface area contributed by atoms with Crippen molar-refractivity contribution in [1.82, 2.24) is 20.1 Å². The highest BCUT2D eigenvalue weighted by Gasteiger charge is 2.13. The molecule has 0 saturated carbocycles. The van der Waals surface area contributed by atoms with E-state index in [9.17, 15) is 0 Å². The number of ether oxygens (including phenoxy) is 1. The second-order valence-electron chi connectivity index (χ2n) is 4.74. The molecule has 0 amide bonds. The SMILES string of the molecule is CCOc1ccc(C(CSc2nnc(C)n2C)NC)cc1. The number of aromatic nitrogens is 3. The van der Waals surface area contributed by atoms with Crippen molar-refractivity contribution in [2.45, 2.75) is 25.0 Å². The van der Waals surface area contributed by atoms with E-state index in [2.05, 4.69) is 27.6 Å². The lowest BCUT2D eigenvalue weighted by molar-refractivity contribution is 0.340. The molecule has 1 atom stereocenters. The summed E-state index contributed by atoms with van der Waals surface area (Å²) in [6.45, 7) is 4.64. The van der Waals surface area contributed by atoms with Crippen LogP contribution in [0.25, 0.3) is 0 Å². The fourth-order valence-electron chi connectivity index (χ4n) is 1.98. The summed E-state index contributed by atoms with van der Waals surface area (Å²) in [5.74, 6) is 2.74. The Hall–Kier alpha value is -1.53. The second kappa shape index (κ2) is 7.47. The van der Waals surface area contributed by atoms with Crippen molar-refractivity contribution < 1.29 is 4.74 Å². The number of rotatable bonds is 7. The van der Waals surface area contributed by atoms with Gasteiger partial charge in [-0.15, -0.1) is 10.2 Å². The summed E-state index contributed by atoms with van der Waals surface area (Å²) in [5, 5.41) is 12.6. The van der Waals surface area contributed by atoms with Gasteiger partial charge in [0.25, 0.3) is 0 Å². The largest absolute Gasteiger partial charge is 0.494 e. The van der Waals surface area contributed by atoms with Gasteiger partial charge in [0.15, 0.2) is 5.16 Å². The summed E-state index contributed by atoms with van der Waals surface area (Å²) < 4.78 is 7.48. The molecule has 0 spiro atoms. The molecule has 0 aliphatic carbocycles. The normalized spacial score (nSPS) is 12.4. The smallest absolute Gasteiger partial charge is 0.191 e. The van der Waals surface area contributed by atoms with Crippen molar-refractivity contribution in [3.05, 3.63) is 35.7 Å². The molecule has 1 unspecified atom stereocenters. The molecule has 1 heterocycles. The Bertz CT molecular complexity index is 568. The Kier molecular flexibility index (Phi) is 5.64. The molecule has 6 heteroatoms. The van der Waals surface area contributed by atoms with Gasteiger partial charge < -0.3 is 14.6 Å². The van der Waals surface area contributed by atoms with Gasteiger partial charge in [-0.25, -0.2) is 0 Å². The van der Waals surface area contributed by atoms with E-state index in [0.717, 1.165) is 22.5 Å². The molecule has 1 aromatic heterocycles. The monoisotopic (exact) mass is 306 g/mol. The number of nitrogens with zero attached hydrogens (tertiary/aromatic N) is 3. The van der Waals surface area contributed by atoms with Gasteiger partial charge in [0.05, 0.1) is 6.61 Å². The maximum absolute atomic E-state index is 5.47. The lowest BCUT2D eigenvalue weighted by atomic mass is 10.1. The third-order valence-electron chi connectivity index (χ3n) is 3.37. The lowest BCUT2D eigenvalue weighted by Crippen LogP contribution is -2.19. The van der Waals surface area contributed by atoms with Gasteiger partial charge in [0, 0.05) is 18.8 Å². The second-order valence-corrected chi connectivity index (χ2v) is 5.73. The van der Waals surface area contributed by atoms with Crippen LogP contribution >= 0.6 is 11.8 Å². The zero-order valence-corrected chi connectivity index (χ0v) is 13.8. The highest BCUT2D eigenvalue weighted by atomic mass is 32.2. The topological polar surface area (TPSA) is 52.0 Å². The number of nitrogens with one attached hydrogen (secondary N) is 1. The van der Waals surface area contributed by atoms with Gasteiger partial charge in [-0.1, -0.05) is 23.9 Å². The fraction of sp³-hybridized carbons (Fsp3) is 0.467. The first-order chi connectivity index (χ1) is 10.2. The first-order valence-electron chi connectivity index (χ1n) is 7.04. The number of aryl methyl sites for hydroxylation is 1. The molecule has 0 bridgehead atoms. The molecule has 0 aliphatic rings. The first kappa shape index (κ1) is 15.9. The predicted molar refractivity (Wildman–Crippen MR) is 85.9 cm³/mol. The Morgan fingerprint density at radius 1 is 1.29 bits per heavy atom. The Balaban J connectivity index is 2.00. The van der Waals surface area contributed by atoms with Crippen LogP contribution in [0.4, 0.5) is 0 Å². The standard InChI is InChI=1S/C15H22N4OS/c1-5-20-13-8-6-12(7-9-13)14(16-3)10-21-15-18-17-11(2)19(15)4/h6-9,14,16H,5,10H2,1-4H3. The van der Waals surface area contributed by atoms with E-state index in [1.807, 2.05) is 44.6 Å². The molecular formula is C15H22N4OS. The van der Waals surface area contributed by atoms with Crippen LogP contribution in [0.1, 0.15) is 24.4 Å². The minimum atomic E-state index is 0.266. The van der Waals surface area contributed by atoms with E-state index in [1.54, 1.807) is 11.8 Å². The van der Waals surface area contributed by atoms with E-state index < -0.39 is 0 Å². The lowest BCUT2D eigenvalue weighted by Gasteiger charge is -2.16. The van der Waals surface area contributed by atoms with Crippen molar-refractivity contribution in [3.63, 3.8) is 0 Å². The van der Waals surface area contributed by atoms with Crippen molar-refractivity contribution >= 4 is 11.8 Å². The van der Waals surface area contributed by atoms with Crippen LogP contribution in [0.5, 0.6) is 5.75 Å². The van der Waals surface area contributed by atoms with E-state index in [0.29, 0.717) is 6.61 Å². The Morgan fingerprint density at radius 3 is 2.52 bits per heavy atom. The summed E-state index contributed by atoms with van der Waals surface area (Å²) in [5.41, 5.74) is 1.24. The maximum atomic E-state index is 5.47. The van der Waals surface area contributed by atoms with E-state index in [-0.39, 0.29) is 6.04 Å². The van der Waals surface area contributed by atoms with E-state index in [1.165, 1.54) is 5.56 Å². The van der Waals surface area contributed by atoms with Crippen LogP contribution in [0.2, 0.25) is 0 Å². The highest BCUT2D eigenvalue weighted by molar-refractivity contribution is 7.99. The van der Waals surface area contributed by atoms with Crippen LogP contribution in [-0.4, -0.2) is 34.2 Å². The molecule has 0 fully saturated rings. The van der Waals surface area contributed by atoms with E-state index >= 15 is 0 Å². The summed E-state index contributed by atoms with van der Waals surface area (Å²) >= 11 is 1.71.